The number of rotatable bonds is 7. The van der Waals surface area contributed by atoms with Gasteiger partial charge in [-0.25, -0.2) is 4.79 Å². The van der Waals surface area contributed by atoms with E-state index in [4.69, 9.17) is 4.74 Å². The van der Waals surface area contributed by atoms with E-state index in [0.717, 1.165) is 0 Å². The molecular formula is C21H25NO5. The number of carbonyl (C=O) groups is 3. The Morgan fingerprint density at radius 2 is 1.93 bits per heavy atom. The largest absolute Gasteiger partial charge is 0.466 e. The van der Waals surface area contributed by atoms with E-state index in [2.05, 4.69) is 16.6 Å². The third-order valence-electron chi connectivity index (χ3n) is 4.73. The fourth-order valence-corrected chi connectivity index (χ4v) is 3.43. The summed E-state index contributed by atoms with van der Waals surface area (Å²) in [7, 11) is 1.30. The Kier molecular flexibility index (Phi) is 7.34. The van der Waals surface area contributed by atoms with Gasteiger partial charge in [-0.15, -0.1) is 6.58 Å². The number of ether oxygens (including phenoxy) is 2. The highest BCUT2D eigenvalue weighted by atomic mass is 16.5. The maximum atomic E-state index is 12.7. The van der Waals surface area contributed by atoms with Crippen molar-refractivity contribution in [1.29, 1.82) is 0 Å². The standard InChI is InChI=1S/C21H25NO5/c1-4-14-13-16(11-12-17(23)26-3)19(18(14)21(25)27-5-2)22-20(24)15-9-7-6-8-10-15/h4,6-12,14,16,18-19H,1,5,13H2,2-3H3,(H,22,24)/b12-11-/t14-,16+,18-,19-/m0/s1. The first-order valence-electron chi connectivity index (χ1n) is 8.93. The highest BCUT2D eigenvalue weighted by Gasteiger charge is 2.46. The van der Waals surface area contributed by atoms with Gasteiger partial charge in [-0.2, -0.15) is 0 Å². The minimum Gasteiger partial charge on any atom is -0.466 e. The first kappa shape index (κ1) is 20.4. The van der Waals surface area contributed by atoms with Crippen LogP contribution in [0.2, 0.25) is 0 Å². The molecule has 1 N–H and O–H groups in total. The summed E-state index contributed by atoms with van der Waals surface area (Å²) in [5.41, 5.74) is 0.498. The minimum absolute atomic E-state index is 0.169. The summed E-state index contributed by atoms with van der Waals surface area (Å²) in [6, 6.07) is 8.26. The van der Waals surface area contributed by atoms with E-state index in [-0.39, 0.29) is 30.3 Å². The SMILES string of the molecule is C=C[C@H]1C[C@@H](/C=C\C(=O)OC)[C@H](NC(=O)c2ccccc2)[C@H]1C(=O)OCC. The summed E-state index contributed by atoms with van der Waals surface area (Å²) in [5.74, 6) is -2.11. The molecule has 1 saturated carbocycles. The number of nitrogens with one attached hydrogen (secondary N) is 1. The molecule has 1 aromatic carbocycles. The van der Waals surface area contributed by atoms with Gasteiger partial charge in [0.15, 0.2) is 0 Å². The zero-order valence-corrected chi connectivity index (χ0v) is 15.6. The Bertz CT molecular complexity index is 713. The molecule has 1 aliphatic rings. The number of methoxy groups -OCH3 is 1. The normalized spacial score (nSPS) is 24.4. The monoisotopic (exact) mass is 371 g/mol. The fraction of sp³-hybridized carbons (Fsp3) is 0.381. The van der Waals surface area contributed by atoms with Crippen LogP contribution in [0.5, 0.6) is 0 Å². The van der Waals surface area contributed by atoms with Crippen molar-refractivity contribution in [2.45, 2.75) is 19.4 Å². The molecule has 0 aromatic heterocycles. The van der Waals surface area contributed by atoms with Crippen molar-refractivity contribution >= 4 is 17.8 Å². The van der Waals surface area contributed by atoms with Crippen LogP contribution in [-0.2, 0) is 19.1 Å². The van der Waals surface area contributed by atoms with Crippen LogP contribution < -0.4 is 5.32 Å². The zero-order chi connectivity index (χ0) is 19.8. The van der Waals surface area contributed by atoms with Crippen LogP contribution in [0.25, 0.3) is 0 Å². The van der Waals surface area contributed by atoms with Gasteiger partial charge in [0.2, 0.25) is 0 Å². The van der Waals surface area contributed by atoms with E-state index in [1.54, 1.807) is 43.3 Å². The highest BCUT2D eigenvalue weighted by molar-refractivity contribution is 5.94. The van der Waals surface area contributed by atoms with E-state index in [9.17, 15) is 14.4 Å². The summed E-state index contributed by atoms with van der Waals surface area (Å²) in [6.07, 6.45) is 5.27. The van der Waals surface area contributed by atoms with Gasteiger partial charge in [0.25, 0.3) is 5.91 Å². The second kappa shape index (κ2) is 9.71. The molecule has 0 radical (unpaired) electrons. The quantitative estimate of drug-likeness (QED) is 0.452. The molecule has 27 heavy (non-hydrogen) atoms. The number of amides is 1. The van der Waals surface area contributed by atoms with Crippen LogP contribution in [0.1, 0.15) is 23.7 Å². The van der Waals surface area contributed by atoms with Gasteiger partial charge >= 0.3 is 11.9 Å². The molecule has 1 aliphatic carbocycles. The second-order valence-electron chi connectivity index (χ2n) is 6.32. The van der Waals surface area contributed by atoms with E-state index in [1.807, 2.05) is 6.07 Å². The van der Waals surface area contributed by atoms with Crippen LogP contribution in [0.15, 0.2) is 55.1 Å². The van der Waals surface area contributed by atoms with Crippen molar-refractivity contribution in [1.82, 2.24) is 5.32 Å². The van der Waals surface area contributed by atoms with Crippen LogP contribution >= 0.6 is 0 Å². The molecule has 2 rings (SSSR count). The van der Waals surface area contributed by atoms with Gasteiger partial charge in [0, 0.05) is 17.7 Å². The maximum Gasteiger partial charge on any atom is 0.330 e. The van der Waals surface area contributed by atoms with E-state index in [0.29, 0.717) is 12.0 Å². The number of allylic oxidation sites excluding steroid dienone is 1. The molecule has 1 aromatic rings. The Labute approximate surface area is 159 Å². The number of hydrogen-bond acceptors (Lipinski definition) is 5. The van der Waals surface area contributed by atoms with Gasteiger partial charge in [-0.3, -0.25) is 9.59 Å². The maximum absolute atomic E-state index is 12.7. The van der Waals surface area contributed by atoms with Crippen molar-refractivity contribution in [3.05, 3.63) is 60.7 Å². The van der Waals surface area contributed by atoms with Crippen LogP contribution in [0, 0.1) is 17.8 Å². The molecule has 6 nitrogen and oxygen atoms in total. The lowest BCUT2D eigenvalue weighted by Crippen LogP contribution is -2.45. The Morgan fingerprint density at radius 3 is 2.52 bits per heavy atom. The number of benzene rings is 1. The van der Waals surface area contributed by atoms with E-state index in [1.165, 1.54) is 13.2 Å². The number of esters is 2. The van der Waals surface area contributed by atoms with Crippen LogP contribution in [0.4, 0.5) is 0 Å². The van der Waals surface area contributed by atoms with Crippen molar-refractivity contribution in [3.8, 4) is 0 Å². The summed E-state index contributed by atoms with van der Waals surface area (Å²) in [5, 5.41) is 2.95. The number of carbonyl (C=O) groups excluding carboxylic acids is 3. The molecule has 0 aliphatic heterocycles. The molecule has 4 atom stereocenters. The predicted octanol–water partition coefficient (Wildman–Crippen LogP) is 2.52. The fourth-order valence-electron chi connectivity index (χ4n) is 3.43. The molecule has 144 valence electrons. The van der Waals surface area contributed by atoms with Gasteiger partial charge < -0.3 is 14.8 Å². The van der Waals surface area contributed by atoms with Crippen molar-refractivity contribution in [2.24, 2.45) is 17.8 Å². The topological polar surface area (TPSA) is 81.7 Å². The Hall–Kier alpha value is -2.89. The van der Waals surface area contributed by atoms with Crippen molar-refractivity contribution in [2.75, 3.05) is 13.7 Å². The third kappa shape index (κ3) is 5.06. The molecule has 0 saturated heterocycles. The first-order valence-corrected chi connectivity index (χ1v) is 8.93. The van der Waals surface area contributed by atoms with Gasteiger partial charge in [-0.05, 0) is 37.3 Å². The smallest absolute Gasteiger partial charge is 0.330 e. The third-order valence-corrected chi connectivity index (χ3v) is 4.73. The van der Waals surface area contributed by atoms with Crippen molar-refractivity contribution in [3.63, 3.8) is 0 Å². The van der Waals surface area contributed by atoms with Gasteiger partial charge in [0.05, 0.1) is 19.6 Å². The molecule has 0 heterocycles. The average molecular weight is 371 g/mol. The van der Waals surface area contributed by atoms with Crippen LogP contribution in [0.3, 0.4) is 0 Å². The predicted molar refractivity (Wildman–Crippen MR) is 101 cm³/mol. The minimum atomic E-state index is -0.567. The summed E-state index contributed by atoms with van der Waals surface area (Å²) >= 11 is 0. The lowest BCUT2D eigenvalue weighted by molar-refractivity contribution is -0.149. The van der Waals surface area contributed by atoms with Crippen molar-refractivity contribution < 1.29 is 23.9 Å². The average Bonchev–Trinajstić information content (AvgIpc) is 3.04. The summed E-state index contributed by atoms with van der Waals surface area (Å²) in [4.78, 5) is 36.7. The molecule has 6 heteroatoms. The first-order chi connectivity index (χ1) is 13.0. The highest BCUT2D eigenvalue weighted by Crippen LogP contribution is 2.39. The van der Waals surface area contributed by atoms with E-state index < -0.39 is 17.9 Å². The lowest BCUT2D eigenvalue weighted by Gasteiger charge is -2.25. The van der Waals surface area contributed by atoms with Gasteiger partial charge in [-0.1, -0.05) is 30.4 Å². The number of hydrogen-bond donors (Lipinski definition) is 1. The molecule has 0 unspecified atom stereocenters. The second-order valence-corrected chi connectivity index (χ2v) is 6.32. The van der Waals surface area contributed by atoms with Gasteiger partial charge in [0.1, 0.15) is 0 Å². The molecule has 0 spiro atoms. The lowest BCUT2D eigenvalue weighted by atomic mass is 9.92. The van der Waals surface area contributed by atoms with E-state index >= 15 is 0 Å². The molecule has 0 bridgehead atoms. The Balaban J connectivity index is 2.30. The molecule has 1 amide bonds. The summed E-state index contributed by atoms with van der Waals surface area (Å²) < 4.78 is 9.85. The zero-order valence-electron chi connectivity index (χ0n) is 15.6. The van der Waals surface area contributed by atoms with Crippen LogP contribution in [-0.4, -0.2) is 37.6 Å². The summed E-state index contributed by atoms with van der Waals surface area (Å²) in [6.45, 7) is 5.81. The molecular weight excluding hydrogens is 346 g/mol. The Morgan fingerprint density at radius 1 is 1.22 bits per heavy atom. The molecule has 1 fully saturated rings.